The molecule has 0 aliphatic heterocycles. The van der Waals surface area contributed by atoms with E-state index in [1.807, 2.05) is 11.5 Å². The van der Waals surface area contributed by atoms with Gasteiger partial charge in [-0.3, -0.25) is 0 Å². The number of halogens is 4. The number of carbonyl (C=O) groups excluding carboxylic acids is 1. The molecule has 9 heteroatoms. The molecular weight excluding hydrogens is 520 g/mol. The summed E-state index contributed by atoms with van der Waals surface area (Å²) in [6, 6.07) is 0. The first-order valence-electron chi connectivity index (χ1n) is 7.38. The molecule has 0 spiro atoms. The van der Waals surface area contributed by atoms with Crippen LogP contribution in [-0.2, 0) is 16.1 Å². The van der Waals surface area contributed by atoms with Crippen LogP contribution in [0.1, 0.15) is 37.9 Å². The van der Waals surface area contributed by atoms with E-state index in [1.165, 1.54) is 20.5 Å². The Bertz CT molecular complexity index is 637. The second kappa shape index (κ2) is 11.0. The van der Waals surface area contributed by atoms with Gasteiger partial charge in [0.15, 0.2) is 0 Å². The minimum absolute atomic E-state index is 0.0164. The molecule has 0 fully saturated rings. The van der Waals surface area contributed by atoms with Crippen LogP contribution < -0.4 is 0 Å². The number of ether oxygens (including phenoxy) is 2. The summed E-state index contributed by atoms with van der Waals surface area (Å²) in [5.74, 6) is 0.433. The van der Waals surface area contributed by atoms with Crippen molar-refractivity contribution < 1.29 is 14.3 Å². The standard InChI is InChI=1S/C16H19Cl3INO3S/c1-10(4-5-12(3)20)11(2)6-13-8-25-14(21-13)7-23-15(22)24-9-16(17,18)19/h5-6,8,10H,4,7,9H2,1-3H3/b11-6+,12-5-/t10-/m0/s1. The van der Waals surface area contributed by atoms with Gasteiger partial charge in [0.05, 0.1) is 5.69 Å². The molecule has 1 rings (SSSR count). The van der Waals surface area contributed by atoms with Crippen LogP contribution in [0.3, 0.4) is 0 Å². The number of alkyl halides is 3. The van der Waals surface area contributed by atoms with Gasteiger partial charge in [0.1, 0.15) is 18.2 Å². The zero-order chi connectivity index (χ0) is 19.0. The number of rotatable bonds is 7. The molecule has 1 heterocycles. The molecule has 1 aromatic heterocycles. The Hall–Kier alpha value is -0.0200. The van der Waals surface area contributed by atoms with E-state index < -0.39 is 9.95 Å². The summed E-state index contributed by atoms with van der Waals surface area (Å²) in [6.45, 7) is 5.99. The molecule has 25 heavy (non-hydrogen) atoms. The Balaban J connectivity index is 2.52. The van der Waals surface area contributed by atoms with E-state index in [1.54, 1.807) is 0 Å². The number of hydrogen-bond acceptors (Lipinski definition) is 5. The minimum Gasteiger partial charge on any atom is -0.430 e. The zero-order valence-electron chi connectivity index (χ0n) is 14.0. The van der Waals surface area contributed by atoms with Crippen LogP contribution in [0.4, 0.5) is 4.79 Å². The smallest absolute Gasteiger partial charge is 0.430 e. The fourth-order valence-electron chi connectivity index (χ4n) is 1.66. The number of nitrogens with zero attached hydrogens (tertiary/aromatic N) is 1. The second-order valence-electron chi connectivity index (χ2n) is 5.42. The van der Waals surface area contributed by atoms with E-state index in [4.69, 9.17) is 39.5 Å². The van der Waals surface area contributed by atoms with Gasteiger partial charge in [-0.05, 0) is 58.4 Å². The first-order chi connectivity index (χ1) is 11.6. The van der Waals surface area contributed by atoms with E-state index in [2.05, 4.69) is 59.2 Å². The Labute approximate surface area is 180 Å². The number of carbonyl (C=O) groups is 1. The van der Waals surface area contributed by atoms with Crippen LogP contribution in [0, 0.1) is 5.92 Å². The van der Waals surface area contributed by atoms with E-state index in [0.717, 1.165) is 12.1 Å². The average Bonchev–Trinajstić information content (AvgIpc) is 2.95. The summed E-state index contributed by atoms with van der Waals surface area (Å²) < 4.78 is 9.24. The van der Waals surface area contributed by atoms with Gasteiger partial charge < -0.3 is 9.47 Å². The van der Waals surface area contributed by atoms with Crippen molar-refractivity contribution in [3.63, 3.8) is 0 Å². The SMILES string of the molecule is C/C(I)=C/C[C@H](C)/C(C)=C/c1csc(COC(=O)OCC(Cl)(Cl)Cl)n1. The van der Waals surface area contributed by atoms with Gasteiger partial charge in [0, 0.05) is 5.38 Å². The molecule has 140 valence electrons. The molecule has 0 aromatic carbocycles. The largest absolute Gasteiger partial charge is 0.508 e. The van der Waals surface area contributed by atoms with Gasteiger partial charge in [-0.2, -0.15) is 0 Å². The summed E-state index contributed by atoms with van der Waals surface area (Å²) >= 11 is 20.2. The van der Waals surface area contributed by atoms with Crippen LogP contribution in [0.2, 0.25) is 0 Å². The molecule has 0 aliphatic rings. The molecule has 1 aromatic rings. The molecule has 0 saturated heterocycles. The van der Waals surface area contributed by atoms with Gasteiger partial charge in [0.2, 0.25) is 3.79 Å². The van der Waals surface area contributed by atoms with Crippen LogP contribution >= 0.6 is 68.7 Å². The fourth-order valence-corrected chi connectivity index (χ4v) is 2.74. The highest BCUT2D eigenvalue weighted by Gasteiger charge is 2.22. The van der Waals surface area contributed by atoms with Crippen molar-refractivity contribution in [1.82, 2.24) is 4.98 Å². The number of hydrogen-bond donors (Lipinski definition) is 0. The highest BCUT2D eigenvalue weighted by Crippen LogP contribution is 2.26. The second-order valence-corrected chi connectivity index (χ2v) is 10.6. The molecule has 0 saturated carbocycles. The molecule has 0 amide bonds. The fraction of sp³-hybridized carbons (Fsp3) is 0.500. The summed E-state index contributed by atoms with van der Waals surface area (Å²) in [5.41, 5.74) is 2.09. The summed E-state index contributed by atoms with van der Waals surface area (Å²) in [4.78, 5) is 15.8. The van der Waals surface area contributed by atoms with Crippen molar-refractivity contribution in [1.29, 1.82) is 0 Å². The van der Waals surface area contributed by atoms with Crippen molar-refractivity contribution in [3.8, 4) is 0 Å². The third-order valence-electron chi connectivity index (χ3n) is 3.14. The lowest BCUT2D eigenvalue weighted by molar-refractivity contribution is 0.0511. The van der Waals surface area contributed by atoms with Crippen molar-refractivity contribution in [3.05, 3.63) is 31.3 Å². The lowest BCUT2D eigenvalue weighted by atomic mass is 9.98. The first kappa shape index (κ1) is 23.0. The molecule has 1 atom stereocenters. The van der Waals surface area contributed by atoms with Crippen molar-refractivity contribution in [2.75, 3.05) is 6.61 Å². The van der Waals surface area contributed by atoms with Crippen LogP contribution in [0.5, 0.6) is 0 Å². The van der Waals surface area contributed by atoms with Crippen molar-refractivity contribution in [2.45, 2.75) is 37.6 Å². The highest BCUT2D eigenvalue weighted by atomic mass is 127. The van der Waals surface area contributed by atoms with Gasteiger partial charge in [-0.25, -0.2) is 9.78 Å². The van der Waals surface area contributed by atoms with Gasteiger partial charge >= 0.3 is 6.16 Å². The van der Waals surface area contributed by atoms with Crippen molar-refractivity contribution in [2.24, 2.45) is 5.92 Å². The van der Waals surface area contributed by atoms with E-state index in [9.17, 15) is 4.79 Å². The third kappa shape index (κ3) is 10.7. The predicted molar refractivity (Wildman–Crippen MR) is 114 cm³/mol. The van der Waals surface area contributed by atoms with E-state index in [0.29, 0.717) is 10.9 Å². The van der Waals surface area contributed by atoms with Crippen LogP contribution in [-0.4, -0.2) is 21.5 Å². The molecule has 0 N–H and O–H groups in total. The quantitative estimate of drug-likeness (QED) is 0.215. The maximum absolute atomic E-state index is 11.4. The number of allylic oxidation sites excluding steroid dienone is 3. The van der Waals surface area contributed by atoms with Gasteiger partial charge in [0.25, 0.3) is 0 Å². The lowest BCUT2D eigenvalue weighted by Crippen LogP contribution is -2.17. The zero-order valence-corrected chi connectivity index (χ0v) is 19.3. The Kier molecular flexibility index (Phi) is 10.1. The average molecular weight is 539 g/mol. The Morgan fingerprint density at radius 2 is 2.08 bits per heavy atom. The Morgan fingerprint density at radius 3 is 2.68 bits per heavy atom. The number of aromatic nitrogens is 1. The summed E-state index contributed by atoms with van der Waals surface area (Å²) in [5, 5.41) is 2.58. The third-order valence-corrected chi connectivity index (χ3v) is 4.75. The minimum atomic E-state index is -1.66. The maximum Gasteiger partial charge on any atom is 0.508 e. The summed E-state index contributed by atoms with van der Waals surface area (Å²) in [7, 11) is 0. The number of thiazole rings is 1. The molecular formula is C16H19Cl3INO3S. The van der Waals surface area contributed by atoms with Crippen LogP contribution in [0.15, 0.2) is 20.6 Å². The topological polar surface area (TPSA) is 48.4 Å². The molecule has 0 aliphatic carbocycles. The molecule has 0 unspecified atom stereocenters. The summed E-state index contributed by atoms with van der Waals surface area (Å²) in [6.07, 6.45) is 4.35. The lowest BCUT2D eigenvalue weighted by Gasteiger charge is -2.10. The Morgan fingerprint density at radius 1 is 1.40 bits per heavy atom. The normalized spacial score (nSPS) is 14.4. The van der Waals surface area contributed by atoms with E-state index in [-0.39, 0.29) is 13.2 Å². The van der Waals surface area contributed by atoms with Crippen LogP contribution in [0.25, 0.3) is 6.08 Å². The van der Waals surface area contributed by atoms with Gasteiger partial charge in [-0.15, -0.1) is 11.3 Å². The molecule has 0 radical (unpaired) electrons. The van der Waals surface area contributed by atoms with Gasteiger partial charge in [-0.1, -0.05) is 53.4 Å². The first-order valence-corrected chi connectivity index (χ1v) is 10.5. The molecule has 4 nitrogen and oxygen atoms in total. The molecule has 0 bridgehead atoms. The van der Waals surface area contributed by atoms with E-state index >= 15 is 0 Å². The maximum atomic E-state index is 11.4. The predicted octanol–water partition coefficient (Wildman–Crippen LogP) is 6.93. The van der Waals surface area contributed by atoms with Crippen molar-refractivity contribution >= 4 is 81.0 Å². The monoisotopic (exact) mass is 537 g/mol. The highest BCUT2D eigenvalue weighted by molar-refractivity contribution is 14.1.